The average Bonchev–Trinajstić information content (AvgIpc) is 4.19. The maximum Gasteiger partial charge on any atom is 0.119 e. The molecular formula is C63H54Si2. The monoisotopic (exact) mass is 866 g/mol. The van der Waals surface area contributed by atoms with Crippen molar-refractivity contribution in [1.29, 1.82) is 0 Å². The van der Waals surface area contributed by atoms with Gasteiger partial charge in [-0.2, -0.15) is 0 Å². The number of rotatable bonds is 6. The van der Waals surface area contributed by atoms with Gasteiger partial charge in [-0.15, -0.1) is 0 Å². The lowest BCUT2D eigenvalue weighted by molar-refractivity contribution is 0.660. The van der Waals surface area contributed by atoms with Gasteiger partial charge in [0.15, 0.2) is 0 Å². The maximum atomic E-state index is 2.50. The highest BCUT2D eigenvalue weighted by Crippen LogP contribution is 2.50. The first-order valence-electron chi connectivity index (χ1n) is 24.2. The molecule has 2 saturated heterocycles. The molecule has 0 atom stereocenters. The SMILES string of the molecule is CC1(C)c2cc(C=Cc3ccc(-c4ccc5c(c4)-c4ccccc4[Si]54CCCC4)cc3)ccc2-c2ccc(C=Cc3ccc(-c4ccc5c(c4)-c4ccccc4[Si]54CCCC4)cc3)cc21. The van der Waals surface area contributed by atoms with Crippen LogP contribution < -0.4 is 20.7 Å². The Bertz CT molecular complexity index is 3060. The third-order valence-electron chi connectivity index (χ3n) is 16.6. The van der Waals surface area contributed by atoms with E-state index in [1.165, 1.54) is 139 Å². The molecule has 2 fully saturated rings. The van der Waals surface area contributed by atoms with Crippen molar-refractivity contribution >= 4 is 61.2 Å². The molecule has 0 nitrogen and oxygen atoms in total. The number of fused-ring (bicyclic) bond motifs is 13. The first-order valence-corrected chi connectivity index (χ1v) is 29.1. The summed E-state index contributed by atoms with van der Waals surface area (Å²) in [7, 11) is -3.14. The molecule has 0 saturated carbocycles. The smallest absolute Gasteiger partial charge is 0.0623 e. The highest BCUT2D eigenvalue weighted by Gasteiger charge is 2.48. The van der Waals surface area contributed by atoms with Gasteiger partial charge < -0.3 is 0 Å². The topological polar surface area (TPSA) is 0 Å². The van der Waals surface area contributed by atoms with Crippen LogP contribution in [0.5, 0.6) is 0 Å². The fourth-order valence-corrected chi connectivity index (χ4v) is 24.5. The Hall–Kier alpha value is -6.33. The molecule has 0 unspecified atom stereocenters. The zero-order chi connectivity index (χ0) is 43.3. The van der Waals surface area contributed by atoms with E-state index in [2.05, 4.69) is 208 Å². The zero-order valence-corrected chi connectivity index (χ0v) is 39.6. The summed E-state index contributed by atoms with van der Waals surface area (Å²) >= 11 is 0. The second-order valence-electron chi connectivity index (χ2n) is 20.3. The zero-order valence-electron chi connectivity index (χ0n) is 37.6. The van der Waals surface area contributed by atoms with E-state index in [1.807, 2.05) is 0 Å². The first-order chi connectivity index (χ1) is 31.9. The molecule has 65 heavy (non-hydrogen) atoms. The van der Waals surface area contributed by atoms with Crippen LogP contribution in [0.3, 0.4) is 0 Å². The minimum atomic E-state index is -1.57. The molecule has 0 amide bonds. The Labute approximate surface area is 387 Å². The van der Waals surface area contributed by atoms with Gasteiger partial charge in [-0.1, -0.05) is 222 Å². The van der Waals surface area contributed by atoms with Crippen LogP contribution in [0.15, 0.2) is 170 Å². The molecule has 2 heteroatoms. The van der Waals surface area contributed by atoms with E-state index in [-0.39, 0.29) is 5.41 Å². The van der Waals surface area contributed by atoms with E-state index in [0.29, 0.717) is 0 Å². The van der Waals surface area contributed by atoms with Gasteiger partial charge in [-0.3, -0.25) is 0 Å². The fraction of sp³-hybridized carbons (Fsp3) is 0.175. The van der Waals surface area contributed by atoms with Crippen LogP contribution in [0, 0.1) is 0 Å². The molecule has 4 heterocycles. The van der Waals surface area contributed by atoms with E-state index < -0.39 is 16.1 Å². The Balaban J connectivity index is 0.703. The van der Waals surface area contributed by atoms with Crippen molar-refractivity contribution in [3.63, 3.8) is 0 Å². The van der Waals surface area contributed by atoms with Crippen molar-refractivity contribution in [3.05, 3.63) is 203 Å². The van der Waals surface area contributed by atoms with E-state index in [1.54, 1.807) is 20.7 Å². The van der Waals surface area contributed by atoms with Crippen LogP contribution in [0.25, 0.3) is 79.9 Å². The highest BCUT2D eigenvalue weighted by atomic mass is 28.3. The summed E-state index contributed by atoms with van der Waals surface area (Å²) < 4.78 is 0. The summed E-state index contributed by atoms with van der Waals surface area (Å²) in [4.78, 5) is 0. The Morgan fingerprint density at radius 1 is 0.323 bits per heavy atom. The third kappa shape index (κ3) is 6.07. The lowest BCUT2D eigenvalue weighted by Gasteiger charge is -2.23. The second kappa shape index (κ2) is 14.9. The Kier molecular flexibility index (Phi) is 8.93. The molecule has 1 aliphatic carbocycles. The molecule has 0 bridgehead atoms. The lowest BCUT2D eigenvalue weighted by atomic mass is 9.81. The van der Waals surface area contributed by atoms with Gasteiger partial charge in [0.05, 0.1) is 0 Å². The van der Waals surface area contributed by atoms with Crippen molar-refractivity contribution in [2.75, 3.05) is 0 Å². The molecule has 0 radical (unpaired) electrons. The molecule has 8 aromatic carbocycles. The average molecular weight is 867 g/mol. The van der Waals surface area contributed by atoms with Gasteiger partial charge in [-0.05, 0) is 146 Å². The molecule has 314 valence electrons. The summed E-state index contributed by atoms with van der Waals surface area (Å²) in [6.45, 7) is 4.77. The van der Waals surface area contributed by atoms with Gasteiger partial charge in [0.1, 0.15) is 16.1 Å². The summed E-state index contributed by atoms with van der Waals surface area (Å²) in [6, 6.07) is 71.4. The summed E-state index contributed by atoms with van der Waals surface area (Å²) in [5.41, 5.74) is 21.6. The molecule has 8 aromatic rings. The third-order valence-corrected chi connectivity index (χ3v) is 27.3. The molecule has 13 rings (SSSR count). The summed E-state index contributed by atoms with van der Waals surface area (Å²) in [5, 5.41) is 6.75. The maximum absolute atomic E-state index is 2.50. The van der Waals surface area contributed by atoms with E-state index in [4.69, 9.17) is 0 Å². The van der Waals surface area contributed by atoms with E-state index >= 15 is 0 Å². The van der Waals surface area contributed by atoms with Crippen molar-refractivity contribution in [2.24, 2.45) is 0 Å². The van der Waals surface area contributed by atoms with Crippen LogP contribution in [-0.4, -0.2) is 16.1 Å². The highest BCUT2D eigenvalue weighted by molar-refractivity contribution is 7.06. The fourth-order valence-electron chi connectivity index (χ4n) is 13.3. The lowest BCUT2D eigenvalue weighted by Crippen LogP contribution is -2.52. The molecular weight excluding hydrogens is 813 g/mol. The second-order valence-corrected chi connectivity index (χ2v) is 28.8. The van der Waals surface area contributed by atoms with Crippen molar-refractivity contribution in [1.82, 2.24) is 0 Å². The Morgan fingerprint density at radius 2 is 0.677 bits per heavy atom. The Morgan fingerprint density at radius 3 is 1.11 bits per heavy atom. The van der Waals surface area contributed by atoms with Gasteiger partial charge >= 0.3 is 0 Å². The molecule has 4 aliphatic heterocycles. The number of hydrogen-bond donors (Lipinski definition) is 0. The summed E-state index contributed by atoms with van der Waals surface area (Å²) in [6.07, 6.45) is 14.6. The van der Waals surface area contributed by atoms with Crippen LogP contribution in [0.1, 0.15) is 72.9 Å². The minimum Gasteiger partial charge on any atom is -0.0623 e. The van der Waals surface area contributed by atoms with Gasteiger partial charge in [-0.25, -0.2) is 0 Å². The van der Waals surface area contributed by atoms with Crippen LogP contribution in [0.4, 0.5) is 0 Å². The predicted octanol–water partition coefficient (Wildman–Crippen LogP) is 14.3. The molecule has 5 aliphatic rings. The standard InChI is InChI=1S/C63H54Si2/c1-63(2)57-39-45(17-15-43-19-25-47(26-20-43)49-29-33-61-55(41-49)53-11-3-5-13-59(53)64(61)35-7-8-36-64)23-31-51(57)52-32-24-46(40-58(52)63)18-16-44-21-27-48(28-22-44)50-30-34-62-56(42-50)54-12-4-6-14-60(54)65(62)37-9-10-38-65/h3-6,11-34,39-42H,7-10,35-38H2,1-2H3. The van der Waals surface area contributed by atoms with Crippen LogP contribution >= 0.6 is 0 Å². The van der Waals surface area contributed by atoms with Gasteiger partial charge in [0, 0.05) is 5.41 Å². The van der Waals surface area contributed by atoms with E-state index in [9.17, 15) is 0 Å². The molecule has 0 N–H and O–H groups in total. The molecule has 0 aromatic heterocycles. The van der Waals surface area contributed by atoms with Crippen molar-refractivity contribution < 1.29 is 0 Å². The predicted molar refractivity (Wildman–Crippen MR) is 284 cm³/mol. The number of benzene rings is 8. The molecule has 2 spiro atoms. The van der Waals surface area contributed by atoms with E-state index in [0.717, 1.165) is 0 Å². The number of hydrogen-bond acceptors (Lipinski definition) is 0. The van der Waals surface area contributed by atoms with Crippen molar-refractivity contribution in [2.45, 2.75) is 69.1 Å². The van der Waals surface area contributed by atoms with Crippen LogP contribution in [-0.2, 0) is 5.41 Å². The van der Waals surface area contributed by atoms with Gasteiger partial charge in [0.25, 0.3) is 0 Å². The quantitative estimate of drug-likeness (QED) is 0.115. The minimum absolute atomic E-state index is 0.0891. The first kappa shape index (κ1) is 39.1. The summed E-state index contributed by atoms with van der Waals surface area (Å²) in [5.74, 6) is 0. The largest absolute Gasteiger partial charge is 0.119 e. The normalized spacial score (nSPS) is 17.4. The van der Waals surface area contributed by atoms with Crippen molar-refractivity contribution in [3.8, 4) is 55.6 Å². The van der Waals surface area contributed by atoms with Gasteiger partial charge in [0.2, 0.25) is 0 Å². The van der Waals surface area contributed by atoms with Crippen LogP contribution in [0.2, 0.25) is 24.2 Å².